The van der Waals surface area contributed by atoms with Gasteiger partial charge < -0.3 is 10.4 Å². The molecule has 1 fully saturated rings. The van der Waals surface area contributed by atoms with Crippen LogP contribution in [0.3, 0.4) is 0 Å². The van der Waals surface area contributed by atoms with Crippen molar-refractivity contribution < 1.29 is 5.11 Å². The largest absolute Gasteiger partial charge is 0.508 e. The first-order chi connectivity index (χ1) is 6.84. The molecule has 1 aromatic carbocycles. The highest BCUT2D eigenvalue weighted by atomic mass is 35.5. The minimum atomic E-state index is 0. The summed E-state index contributed by atoms with van der Waals surface area (Å²) in [6.45, 7) is 1.16. The van der Waals surface area contributed by atoms with Crippen molar-refractivity contribution in [2.75, 3.05) is 6.54 Å². The van der Waals surface area contributed by atoms with Crippen molar-refractivity contribution in [3.8, 4) is 5.75 Å². The number of hydrogen-bond donors (Lipinski definition) is 2. The lowest BCUT2D eigenvalue weighted by atomic mass is 9.98. The number of halogens is 1. The Kier molecular flexibility index (Phi) is 4.92. The van der Waals surface area contributed by atoms with Crippen LogP contribution in [-0.4, -0.2) is 17.7 Å². The van der Waals surface area contributed by atoms with E-state index >= 15 is 0 Å². The molecule has 0 aromatic heterocycles. The summed E-state index contributed by atoms with van der Waals surface area (Å²) < 4.78 is 0. The van der Waals surface area contributed by atoms with Crippen molar-refractivity contribution in [1.29, 1.82) is 0 Å². The van der Waals surface area contributed by atoms with Crippen LogP contribution in [0.1, 0.15) is 24.8 Å². The SMILES string of the molecule is Cl.Oc1ccc(CC2CCCCN2)cc1. The topological polar surface area (TPSA) is 32.3 Å². The number of aromatic hydroxyl groups is 1. The molecule has 0 bridgehead atoms. The van der Waals surface area contributed by atoms with Crippen molar-refractivity contribution >= 4 is 12.4 Å². The first-order valence-corrected chi connectivity index (χ1v) is 5.36. The number of phenolic OH excluding ortho intramolecular Hbond substituents is 1. The molecular formula is C12H18ClNO. The maximum absolute atomic E-state index is 9.15. The molecule has 0 amide bonds. The second-order valence-corrected chi connectivity index (χ2v) is 4.02. The fourth-order valence-electron chi connectivity index (χ4n) is 2.01. The van der Waals surface area contributed by atoms with Crippen LogP contribution in [0.25, 0.3) is 0 Å². The predicted molar refractivity (Wildman–Crippen MR) is 64.7 cm³/mol. The first kappa shape index (κ1) is 12.3. The summed E-state index contributed by atoms with van der Waals surface area (Å²) in [5.74, 6) is 0.352. The van der Waals surface area contributed by atoms with Crippen LogP contribution < -0.4 is 5.32 Å². The highest BCUT2D eigenvalue weighted by Gasteiger charge is 2.12. The number of benzene rings is 1. The van der Waals surface area contributed by atoms with Gasteiger partial charge in [-0.25, -0.2) is 0 Å². The summed E-state index contributed by atoms with van der Waals surface area (Å²) in [7, 11) is 0. The monoisotopic (exact) mass is 227 g/mol. The molecule has 0 spiro atoms. The molecule has 1 aliphatic rings. The molecule has 1 aromatic rings. The maximum atomic E-state index is 9.15. The number of nitrogens with one attached hydrogen (secondary N) is 1. The van der Waals surface area contributed by atoms with Gasteiger partial charge in [0.2, 0.25) is 0 Å². The van der Waals surface area contributed by atoms with Crippen LogP contribution in [0.15, 0.2) is 24.3 Å². The second-order valence-electron chi connectivity index (χ2n) is 4.02. The van der Waals surface area contributed by atoms with Crippen LogP contribution in [-0.2, 0) is 6.42 Å². The third-order valence-electron chi connectivity index (χ3n) is 2.83. The Labute approximate surface area is 97.1 Å². The van der Waals surface area contributed by atoms with E-state index in [0.29, 0.717) is 11.8 Å². The van der Waals surface area contributed by atoms with E-state index in [0.717, 1.165) is 13.0 Å². The molecule has 0 radical (unpaired) electrons. The van der Waals surface area contributed by atoms with E-state index in [2.05, 4.69) is 5.32 Å². The quantitative estimate of drug-likeness (QED) is 0.814. The van der Waals surface area contributed by atoms with Crippen LogP contribution in [0.5, 0.6) is 5.75 Å². The molecule has 2 N–H and O–H groups in total. The average molecular weight is 228 g/mol. The summed E-state index contributed by atoms with van der Waals surface area (Å²) in [5, 5.41) is 12.7. The molecule has 2 rings (SSSR count). The molecule has 1 saturated heterocycles. The Morgan fingerprint density at radius 1 is 1.20 bits per heavy atom. The molecule has 0 aliphatic carbocycles. The molecular weight excluding hydrogens is 210 g/mol. The van der Waals surface area contributed by atoms with Gasteiger partial charge in [-0.3, -0.25) is 0 Å². The van der Waals surface area contributed by atoms with Gasteiger partial charge in [0.05, 0.1) is 0 Å². The van der Waals surface area contributed by atoms with Crippen LogP contribution in [0, 0.1) is 0 Å². The van der Waals surface area contributed by atoms with Gasteiger partial charge in [-0.1, -0.05) is 18.6 Å². The normalized spacial score (nSPS) is 20.7. The third-order valence-corrected chi connectivity index (χ3v) is 2.83. The fraction of sp³-hybridized carbons (Fsp3) is 0.500. The van der Waals surface area contributed by atoms with Gasteiger partial charge in [0, 0.05) is 6.04 Å². The van der Waals surface area contributed by atoms with Crippen LogP contribution in [0.2, 0.25) is 0 Å². The predicted octanol–water partition coefficient (Wildman–Crippen LogP) is 2.50. The molecule has 1 atom stereocenters. The zero-order valence-electron chi connectivity index (χ0n) is 8.78. The second kappa shape index (κ2) is 5.99. The van der Waals surface area contributed by atoms with Crippen molar-refractivity contribution in [2.24, 2.45) is 0 Å². The lowest BCUT2D eigenvalue weighted by Gasteiger charge is -2.23. The van der Waals surface area contributed by atoms with Gasteiger partial charge in [0.25, 0.3) is 0 Å². The van der Waals surface area contributed by atoms with E-state index in [-0.39, 0.29) is 12.4 Å². The number of phenols is 1. The highest BCUT2D eigenvalue weighted by molar-refractivity contribution is 5.85. The third kappa shape index (κ3) is 3.73. The van der Waals surface area contributed by atoms with E-state index in [1.165, 1.54) is 24.8 Å². The van der Waals surface area contributed by atoms with E-state index < -0.39 is 0 Å². The summed E-state index contributed by atoms with van der Waals surface area (Å²) in [4.78, 5) is 0. The summed E-state index contributed by atoms with van der Waals surface area (Å²) in [6, 6.07) is 8.17. The maximum Gasteiger partial charge on any atom is 0.115 e. The molecule has 84 valence electrons. The molecule has 0 saturated carbocycles. The van der Waals surface area contributed by atoms with Crippen molar-refractivity contribution in [2.45, 2.75) is 31.7 Å². The molecule has 15 heavy (non-hydrogen) atoms. The van der Waals surface area contributed by atoms with Crippen molar-refractivity contribution in [3.05, 3.63) is 29.8 Å². The number of rotatable bonds is 2. The van der Waals surface area contributed by atoms with Crippen molar-refractivity contribution in [1.82, 2.24) is 5.32 Å². The molecule has 1 unspecified atom stereocenters. The van der Waals surface area contributed by atoms with E-state index in [1.54, 1.807) is 12.1 Å². The van der Waals surface area contributed by atoms with Crippen molar-refractivity contribution in [3.63, 3.8) is 0 Å². The smallest absolute Gasteiger partial charge is 0.115 e. The van der Waals surface area contributed by atoms with E-state index in [4.69, 9.17) is 5.11 Å². The Bertz CT molecular complexity index is 280. The minimum Gasteiger partial charge on any atom is -0.508 e. The van der Waals surface area contributed by atoms with Gasteiger partial charge >= 0.3 is 0 Å². The van der Waals surface area contributed by atoms with E-state index in [1.807, 2.05) is 12.1 Å². The molecule has 1 heterocycles. The van der Waals surface area contributed by atoms with Gasteiger partial charge in [-0.2, -0.15) is 0 Å². The zero-order chi connectivity index (χ0) is 9.80. The Morgan fingerprint density at radius 2 is 1.93 bits per heavy atom. The van der Waals surface area contributed by atoms with Crippen LogP contribution in [0.4, 0.5) is 0 Å². The van der Waals surface area contributed by atoms with Gasteiger partial charge in [-0.05, 0) is 43.5 Å². The lowest BCUT2D eigenvalue weighted by Crippen LogP contribution is -2.35. The molecule has 2 nitrogen and oxygen atoms in total. The Hall–Kier alpha value is -0.730. The highest BCUT2D eigenvalue weighted by Crippen LogP contribution is 2.15. The van der Waals surface area contributed by atoms with Gasteiger partial charge in [-0.15, -0.1) is 12.4 Å². The average Bonchev–Trinajstić information content (AvgIpc) is 2.23. The van der Waals surface area contributed by atoms with Crippen LogP contribution >= 0.6 is 12.4 Å². The summed E-state index contributed by atoms with van der Waals surface area (Å²) in [6.07, 6.45) is 5.02. The van der Waals surface area contributed by atoms with Gasteiger partial charge in [0.1, 0.15) is 5.75 Å². The minimum absolute atomic E-state index is 0. The zero-order valence-corrected chi connectivity index (χ0v) is 9.59. The Morgan fingerprint density at radius 3 is 2.53 bits per heavy atom. The standard InChI is InChI=1S/C12H17NO.ClH/c14-12-6-4-10(5-7-12)9-11-3-1-2-8-13-11;/h4-7,11,13-14H,1-3,8-9H2;1H. The summed E-state index contributed by atoms with van der Waals surface area (Å²) in [5.41, 5.74) is 1.31. The summed E-state index contributed by atoms with van der Waals surface area (Å²) >= 11 is 0. The van der Waals surface area contributed by atoms with Gasteiger partial charge in [0.15, 0.2) is 0 Å². The molecule has 1 aliphatic heterocycles. The lowest BCUT2D eigenvalue weighted by molar-refractivity contribution is 0.399. The van der Waals surface area contributed by atoms with E-state index in [9.17, 15) is 0 Å². The number of hydrogen-bond acceptors (Lipinski definition) is 2. The number of piperidine rings is 1. The fourth-order valence-corrected chi connectivity index (χ4v) is 2.01. The Balaban J connectivity index is 0.00000112. The first-order valence-electron chi connectivity index (χ1n) is 5.36. The molecule has 3 heteroatoms.